The van der Waals surface area contributed by atoms with E-state index in [4.69, 9.17) is 5.73 Å². The molecule has 3 N–H and O–H groups in total. The SMILES string of the molecule is Nc1ccc(CN2CCCCC2)cc1NC1CCCCC1. The minimum atomic E-state index is 0.617. The number of benzene rings is 1. The minimum absolute atomic E-state index is 0.617. The summed E-state index contributed by atoms with van der Waals surface area (Å²) in [4.78, 5) is 2.57. The lowest BCUT2D eigenvalue weighted by atomic mass is 9.95. The van der Waals surface area contributed by atoms with Crippen molar-refractivity contribution >= 4 is 11.4 Å². The number of hydrogen-bond donors (Lipinski definition) is 2. The second-order valence-corrected chi connectivity index (χ2v) is 6.74. The highest BCUT2D eigenvalue weighted by atomic mass is 15.1. The molecule has 0 amide bonds. The van der Waals surface area contributed by atoms with Crippen LogP contribution >= 0.6 is 0 Å². The van der Waals surface area contributed by atoms with Crippen molar-refractivity contribution in [3.63, 3.8) is 0 Å². The molecule has 116 valence electrons. The standard InChI is InChI=1S/C18H29N3/c19-17-10-9-15(14-21-11-5-2-6-12-21)13-18(17)20-16-7-3-1-4-8-16/h9-10,13,16,20H,1-8,11-12,14,19H2. The maximum atomic E-state index is 6.16. The number of nitrogens with zero attached hydrogens (tertiary/aromatic N) is 1. The summed E-state index contributed by atoms with van der Waals surface area (Å²) < 4.78 is 0. The molecule has 1 saturated heterocycles. The number of anilines is 2. The van der Waals surface area contributed by atoms with Gasteiger partial charge in [-0.05, 0) is 56.5 Å². The zero-order valence-corrected chi connectivity index (χ0v) is 13.1. The smallest absolute Gasteiger partial charge is 0.0579 e. The summed E-state index contributed by atoms with van der Waals surface area (Å²) >= 11 is 0. The first-order valence-electron chi connectivity index (χ1n) is 8.68. The number of piperidine rings is 1. The van der Waals surface area contributed by atoms with Crippen molar-refractivity contribution in [2.45, 2.75) is 64.0 Å². The molecule has 3 rings (SSSR count). The van der Waals surface area contributed by atoms with Crippen molar-refractivity contribution in [2.75, 3.05) is 24.1 Å². The van der Waals surface area contributed by atoms with Crippen LogP contribution in [0, 0.1) is 0 Å². The lowest BCUT2D eigenvalue weighted by Crippen LogP contribution is -2.29. The molecule has 3 heteroatoms. The third-order valence-electron chi connectivity index (χ3n) is 4.94. The molecule has 0 spiro atoms. The first-order chi connectivity index (χ1) is 10.3. The molecule has 0 bridgehead atoms. The fraction of sp³-hybridized carbons (Fsp3) is 0.667. The van der Waals surface area contributed by atoms with Crippen molar-refractivity contribution in [1.82, 2.24) is 4.90 Å². The van der Waals surface area contributed by atoms with E-state index in [0.717, 1.165) is 17.9 Å². The molecule has 1 aliphatic heterocycles. The molecular formula is C18H29N3. The molecular weight excluding hydrogens is 258 g/mol. The molecule has 1 aromatic rings. The zero-order chi connectivity index (χ0) is 14.5. The Kier molecular flexibility index (Phi) is 5.02. The van der Waals surface area contributed by atoms with Crippen LogP contribution in [0.1, 0.15) is 56.9 Å². The van der Waals surface area contributed by atoms with E-state index in [2.05, 4.69) is 28.4 Å². The van der Waals surface area contributed by atoms with E-state index in [-0.39, 0.29) is 0 Å². The molecule has 1 aromatic carbocycles. The first-order valence-corrected chi connectivity index (χ1v) is 8.68. The zero-order valence-electron chi connectivity index (χ0n) is 13.1. The number of hydrogen-bond acceptors (Lipinski definition) is 3. The fourth-order valence-electron chi connectivity index (χ4n) is 3.67. The molecule has 21 heavy (non-hydrogen) atoms. The Labute approximate surface area is 128 Å². The number of nitrogens with one attached hydrogen (secondary N) is 1. The Hall–Kier alpha value is -1.22. The molecule has 2 fully saturated rings. The van der Waals surface area contributed by atoms with Crippen LogP contribution in [0.3, 0.4) is 0 Å². The predicted octanol–water partition coefficient (Wildman–Crippen LogP) is 4.00. The van der Waals surface area contributed by atoms with Gasteiger partial charge in [0.05, 0.1) is 11.4 Å². The number of nitrogen functional groups attached to an aromatic ring is 1. The van der Waals surface area contributed by atoms with Crippen LogP contribution in [0.5, 0.6) is 0 Å². The average Bonchev–Trinajstić information content (AvgIpc) is 2.53. The summed E-state index contributed by atoms with van der Waals surface area (Å²) in [5, 5.41) is 3.68. The largest absolute Gasteiger partial charge is 0.397 e. The molecule has 0 unspecified atom stereocenters. The Morgan fingerprint density at radius 2 is 1.71 bits per heavy atom. The Balaban J connectivity index is 1.63. The average molecular weight is 287 g/mol. The molecule has 1 saturated carbocycles. The van der Waals surface area contributed by atoms with Gasteiger partial charge in [-0.25, -0.2) is 0 Å². The Morgan fingerprint density at radius 1 is 1.00 bits per heavy atom. The minimum Gasteiger partial charge on any atom is -0.397 e. The van der Waals surface area contributed by atoms with E-state index in [1.165, 1.54) is 70.0 Å². The van der Waals surface area contributed by atoms with Crippen LogP contribution in [0.25, 0.3) is 0 Å². The lowest BCUT2D eigenvalue weighted by Gasteiger charge is -2.27. The Morgan fingerprint density at radius 3 is 2.48 bits per heavy atom. The molecule has 1 aliphatic carbocycles. The molecule has 0 aromatic heterocycles. The highest BCUT2D eigenvalue weighted by molar-refractivity contribution is 5.67. The van der Waals surface area contributed by atoms with Crippen LogP contribution in [-0.4, -0.2) is 24.0 Å². The van der Waals surface area contributed by atoms with Gasteiger partial charge in [-0.2, -0.15) is 0 Å². The summed E-state index contributed by atoms with van der Waals surface area (Å²) in [5.41, 5.74) is 9.60. The molecule has 0 atom stereocenters. The van der Waals surface area contributed by atoms with Gasteiger partial charge in [-0.1, -0.05) is 31.7 Å². The third-order valence-corrected chi connectivity index (χ3v) is 4.94. The predicted molar refractivity (Wildman–Crippen MR) is 90.5 cm³/mol. The third kappa shape index (κ3) is 4.13. The van der Waals surface area contributed by atoms with Crippen LogP contribution in [0.2, 0.25) is 0 Å². The number of rotatable bonds is 4. The van der Waals surface area contributed by atoms with Gasteiger partial charge >= 0.3 is 0 Å². The lowest BCUT2D eigenvalue weighted by molar-refractivity contribution is 0.221. The van der Waals surface area contributed by atoms with Crippen LogP contribution in [0.4, 0.5) is 11.4 Å². The summed E-state index contributed by atoms with van der Waals surface area (Å²) in [6.45, 7) is 3.56. The maximum Gasteiger partial charge on any atom is 0.0579 e. The van der Waals surface area contributed by atoms with Crippen molar-refractivity contribution < 1.29 is 0 Å². The highest BCUT2D eigenvalue weighted by Gasteiger charge is 2.15. The summed E-state index contributed by atoms with van der Waals surface area (Å²) in [6, 6.07) is 7.16. The van der Waals surface area contributed by atoms with Crippen molar-refractivity contribution in [1.29, 1.82) is 0 Å². The Bertz CT molecular complexity index is 446. The van der Waals surface area contributed by atoms with Gasteiger partial charge in [-0.15, -0.1) is 0 Å². The van der Waals surface area contributed by atoms with Crippen molar-refractivity contribution in [3.8, 4) is 0 Å². The monoisotopic (exact) mass is 287 g/mol. The van der Waals surface area contributed by atoms with Gasteiger partial charge in [0.15, 0.2) is 0 Å². The molecule has 2 aliphatic rings. The van der Waals surface area contributed by atoms with Gasteiger partial charge < -0.3 is 11.1 Å². The number of nitrogens with two attached hydrogens (primary N) is 1. The van der Waals surface area contributed by atoms with E-state index >= 15 is 0 Å². The van der Waals surface area contributed by atoms with E-state index in [0.29, 0.717) is 6.04 Å². The van der Waals surface area contributed by atoms with Gasteiger partial charge in [0.1, 0.15) is 0 Å². The molecule has 1 heterocycles. The second-order valence-electron chi connectivity index (χ2n) is 6.74. The summed E-state index contributed by atoms with van der Waals surface area (Å²) in [7, 11) is 0. The quantitative estimate of drug-likeness (QED) is 0.822. The van der Waals surface area contributed by atoms with Gasteiger partial charge in [0.25, 0.3) is 0 Å². The van der Waals surface area contributed by atoms with Gasteiger partial charge in [0, 0.05) is 12.6 Å². The molecule has 0 radical (unpaired) electrons. The van der Waals surface area contributed by atoms with Crippen LogP contribution in [-0.2, 0) is 6.54 Å². The van der Waals surface area contributed by atoms with Crippen molar-refractivity contribution in [3.05, 3.63) is 23.8 Å². The second kappa shape index (κ2) is 7.17. The molecule has 3 nitrogen and oxygen atoms in total. The van der Waals surface area contributed by atoms with E-state index in [9.17, 15) is 0 Å². The first kappa shape index (κ1) is 14.7. The fourth-order valence-corrected chi connectivity index (χ4v) is 3.67. The van der Waals surface area contributed by atoms with Crippen molar-refractivity contribution in [2.24, 2.45) is 0 Å². The van der Waals surface area contributed by atoms with Crippen LogP contribution in [0.15, 0.2) is 18.2 Å². The van der Waals surface area contributed by atoms with E-state index < -0.39 is 0 Å². The van der Waals surface area contributed by atoms with E-state index in [1.54, 1.807) is 0 Å². The topological polar surface area (TPSA) is 41.3 Å². The normalized spacial score (nSPS) is 21.3. The van der Waals surface area contributed by atoms with Gasteiger partial charge in [0.2, 0.25) is 0 Å². The number of likely N-dealkylation sites (tertiary alicyclic amines) is 1. The summed E-state index contributed by atoms with van der Waals surface area (Å²) in [5.74, 6) is 0. The van der Waals surface area contributed by atoms with E-state index in [1.807, 2.05) is 0 Å². The van der Waals surface area contributed by atoms with Gasteiger partial charge in [-0.3, -0.25) is 4.90 Å². The summed E-state index contributed by atoms with van der Waals surface area (Å²) in [6.07, 6.45) is 10.8. The maximum absolute atomic E-state index is 6.16. The highest BCUT2D eigenvalue weighted by Crippen LogP contribution is 2.27. The van der Waals surface area contributed by atoms with Crippen LogP contribution < -0.4 is 11.1 Å².